The highest BCUT2D eigenvalue weighted by molar-refractivity contribution is 5.80. The van der Waals surface area contributed by atoms with Crippen molar-refractivity contribution in [2.45, 2.75) is 39.9 Å². The molecule has 27 heavy (non-hydrogen) atoms. The van der Waals surface area contributed by atoms with E-state index in [1.807, 2.05) is 25.5 Å². The number of hydrogen-bond acceptors (Lipinski definition) is 4. The Balaban J connectivity index is 1.96. The van der Waals surface area contributed by atoms with Crippen molar-refractivity contribution < 1.29 is 13.2 Å². The van der Waals surface area contributed by atoms with E-state index in [1.165, 1.54) is 4.90 Å². The molecule has 2 heterocycles. The van der Waals surface area contributed by atoms with Crippen molar-refractivity contribution in [3.05, 3.63) is 11.6 Å². The molecule has 1 N–H and O–H groups in total. The fourth-order valence-corrected chi connectivity index (χ4v) is 3.26. The Morgan fingerprint density at radius 3 is 2.63 bits per heavy atom. The molecule has 154 valence electrons. The summed E-state index contributed by atoms with van der Waals surface area (Å²) >= 11 is 0. The number of nitrogens with zero attached hydrogens (tertiary/aromatic N) is 6. The number of aliphatic imine (C=N–C) groups is 1. The van der Waals surface area contributed by atoms with Gasteiger partial charge in [-0.15, -0.1) is 10.2 Å². The van der Waals surface area contributed by atoms with Crippen LogP contribution in [0.1, 0.15) is 31.9 Å². The fourth-order valence-electron chi connectivity index (χ4n) is 3.26. The number of likely N-dealkylation sites (tertiary alicyclic amines) is 1. The average molecular weight is 389 g/mol. The van der Waals surface area contributed by atoms with Gasteiger partial charge in [0.15, 0.2) is 11.8 Å². The van der Waals surface area contributed by atoms with E-state index in [0.717, 1.165) is 37.1 Å². The molecule has 1 aromatic heterocycles. The molecule has 0 amide bonds. The highest BCUT2D eigenvalue weighted by Crippen LogP contribution is 2.21. The van der Waals surface area contributed by atoms with Crippen LogP contribution in [0.2, 0.25) is 0 Å². The quantitative estimate of drug-likeness (QED) is 0.569. The van der Waals surface area contributed by atoms with Gasteiger partial charge in [-0.25, -0.2) is 4.99 Å². The van der Waals surface area contributed by atoms with Gasteiger partial charge in [-0.3, -0.25) is 4.90 Å². The number of alkyl halides is 3. The van der Waals surface area contributed by atoms with Crippen LogP contribution in [0.3, 0.4) is 0 Å². The average Bonchev–Trinajstić information content (AvgIpc) is 3.18. The molecule has 1 atom stereocenters. The smallest absolute Gasteiger partial charge is 0.357 e. The fraction of sp³-hybridized carbons (Fsp3) is 0.824. The molecule has 10 heteroatoms. The van der Waals surface area contributed by atoms with E-state index in [-0.39, 0.29) is 5.92 Å². The Hall–Kier alpha value is -1.84. The van der Waals surface area contributed by atoms with Crippen molar-refractivity contribution in [2.75, 3.05) is 39.3 Å². The van der Waals surface area contributed by atoms with Gasteiger partial charge >= 0.3 is 6.18 Å². The van der Waals surface area contributed by atoms with Gasteiger partial charge in [0.1, 0.15) is 12.4 Å². The van der Waals surface area contributed by atoms with E-state index in [0.29, 0.717) is 26.2 Å². The van der Waals surface area contributed by atoms with Crippen LogP contribution in [-0.4, -0.2) is 76.0 Å². The Morgan fingerprint density at radius 2 is 2.07 bits per heavy atom. The normalized spacial score (nSPS) is 18.6. The summed E-state index contributed by atoms with van der Waals surface area (Å²) in [6.07, 6.45) is -3.29. The largest absolute Gasteiger partial charge is 0.401 e. The molecule has 0 spiro atoms. The number of aryl methyl sites for hydroxylation is 1. The Morgan fingerprint density at radius 1 is 1.33 bits per heavy atom. The van der Waals surface area contributed by atoms with Crippen molar-refractivity contribution in [3.63, 3.8) is 0 Å². The van der Waals surface area contributed by atoms with Crippen molar-refractivity contribution in [1.29, 1.82) is 0 Å². The van der Waals surface area contributed by atoms with E-state index in [9.17, 15) is 13.2 Å². The van der Waals surface area contributed by atoms with E-state index in [2.05, 4.69) is 25.4 Å². The number of halogens is 3. The summed E-state index contributed by atoms with van der Waals surface area (Å²) in [4.78, 5) is 8.24. The zero-order chi connectivity index (χ0) is 20.0. The predicted molar refractivity (Wildman–Crippen MR) is 98.4 cm³/mol. The molecule has 1 saturated heterocycles. The second kappa shape index (κ2) is 9.38. The summed E-state index contributed by atoms with van der Waals surface area (Å²) in [5, 5.41) is 11.4. The highest BCUT2D eigenvalue weighted by Gasteiger charge is 2.33. The third-order valence-corrected chi connectivity index (χ3v) is 4.84. The second-order valence-electron chi connectivity index (χ2n) is 6.94. The lowest BCUT2D eigenvalue weighted by atomic mass is 10.1. The first-order chi connectivity index (χ1) is 12.7. The highest BCUT2D eigenvalue weighted by atomic mass is 19.4. The number of hydrogen-bond donors (Lipinski definition) is 1. The summed E-state index contributed by atoms with van der Waals surface area (Å²) in [6, 6.07) is 0. The van der Waals surface area contributed by atoms with Crippen LogP contribution in [0, 0.1) is 12.8 Å². The third kappa shape index (κ3) is 6.37. The minimum Gasteiger partial charge on any atom is -0.357 e. The van der Waals surface area contributed by atoms with Crippen LogP contribution in [0.25, 0.3) is 0 Å². The number of guanidine groups is 1. The van der Waals surface area contributed by atoms with Gasteiger partial charge in [0.25, 0.3) is 0 Å². The molecule has 0 bridgehead atoms. The summed E-state index contributed by atoms with van der Waals surface area (Å²) in [7, 11) is 1.90. The predicted octanol–water partition coefficient (Wildman–Crippen LogP) is 1.80. The lowest BCUT2D eigenvalue weighted by Gasteiger charge is -2.26. The molecule has 1 fully saturated rings. The van der Waals surface area contributed by atoms with Crippen molar-refractivity contribution in [1.82, 2.24) is 29.9 Å². The lowest BCUT2D eigenvalue weighted by Crippen LogP contribution is -2.41. The van der Waals surface area contributed by atoms with Crippen molar-refractivity contribution in [2.24, 2.45) is 18.0 Å². The summed E-state index contributed by atoms with van der Waals surface area (Å²) < 4.78 is 39.9. The van der Waals surface area contributed by atoms with Crippen LogP contribution < -0.4 is 5.32 Å². The van der Waals surface area contributed by atoms with Crippen LogP contribution in [0.5, 0.6) is 0 Å². The lowest BCUT2D eigenvalue weighted by molar-refractivity contribution is -0.146. The number of aromatic nitrogens is 3. The minimum atomic E-state index is -4.15. The zero-order valence-electron chi connectivity index (χ0n) is 16.6. The molecular formula is C17H30F3N7. The van der Waals surface area contributed by atoms with Gasteiger partial charge in [0.2, 0.25) is 0 Å². The maximum atomic E-state index is 12.7. The van der Waals surface area contributed by atoms with Crippen molar-refractivity contribution >= 4 is 5.96 Å². The molecule has 0 saturated carbocycles. The molecule has 0 aliphatic carbocycles. The van der Waals surface area contributed by atoms with Gasteiger partial charge in [0.05, 0.1) is 6.54 Å². The zero-order valence-corrected chi connectivity index (χ0v) is 16.6. The summed E-state index contributed by atoms with van der Waals surface area (Å²) in [5.41, 5.74) is 0. The number of nitrogens with one attached hydrogen (secondary N) is 1. The molecule has 2 rings (SSSR count). The van der Waals surface area contributed by atoms with Gasteiger partial charge in [-0.1, -0.05) is 6.92 Å². The Labute approximate surface area is 158 Å². The van der Waals surface area contributed by atoms with Gasteiger partial charge < -0.3 is 14.8 Å². The van der Waals surface area contributed by atoms with E-state index in [1.54, 1.807) is 6.92 Å². The topological polar surface area (TPSA) is 61.6 Å². The van der Waals surface area contributed by atoms with E-state index >= 15 is 0 Å². The Bertz CT molecular complexity index is 627. The minimum absolute atomic E-state index is 0.202. The van der Waals surface area contributed by atoms with Gasteiger partial charge in [-0.2, -0.15) is 13.2 Å². The Kier molecular flexibility index (Phi) is 7.46. The van der Waals surface area contributed by atoms with Crippen LogP contribution in [0.4, 0.5) is 13.2 Å². The monoisotopic (exact) mass is 389 g/mol. The maximum Gasteiger partial charge on any atom is 0.401 e. The summed E-state index contributed by atoms with van der Waals surface area (Å²) in [5.74, 6) is 2.59. The van der Waals surface area contributed by atoms with Crippen LogP contribution >= 0.6 is 0 Å². The molecule has 1 aromatic rings. The molecule has 1 aliphatic rings. The standard InChI is InChI=1S/C17H30F3N7/c1-5-21-16(22-9-15-24-23-13(3)25(15)4)27-8-7-14(11-27)10-26(6-2)12-17(18,19)20/h14H,5-12H2,1-4H3,(H,21,22). The molecular weight excluding hydrogens is 359 g/mol. The second-order valence-corrected chi connectivity index (χ2v) is 6.94. The van der Waals surface area contributed by atoms with Gasteiger partial charge in [-0.05, 0) is 32.7 Å². The van der Waals surface area contributed by atoms with E-state index < -0.39 is 12.7 Å². The molecule has 1 aliphatic heterocycles. The first kappa shape index (κ1) is 21.5. The first-order valence-corrected chi connectivity index (χ1v) is 9.40. The summed E-state index contributed by atoms with van der Waals surface area (Å²) in [6.45, 7) is 8.30. The van der Waals surface area contributed by atoms with Crippen LogP contribution in [0.15, 0.2) is 4.99 Å². The molecule has 0 radical (unpaired) electrons. The van der Waals surface area contributed by atoms with Gasteiger partial charge in [0, 0.05) is 33.2 Å². The van der Waals surface area contributed by atoms with E-state index in [4.69, 9.17) is 0 Å². The number of rotatable bonds is 7. The molecule has 1 unspecified atom stereocenters. The third-order valence-electron chi connectivity index (χ3n) is 4.84. The maximum absolute atomic E-state index is 12.7. The molecule has 7 nitrogen and oxygen atoms in total. The van der Waals surface area contributed by atoms with Crippen LogP contribution in [-0.2, 0) is 13.6 Å². The SMILES string of the molecule is CCNC(=NCc1nnc(C)n1C)N1CCC(CN(CC)CC(F)(F)F)C1. The van der Waals surface area contributed by atoms with Crippen molar-refractivity contribution in [3.8, 4) is 0 Å². The first-order valence-electron chi connectivity index (χ1n) is 9.40. The molecule has 0 aromatic carbocycles.